The third-order valence-corrected chi connectivity index (χ3v) is 2.55. The molecule has 0 heterocycles. The van der Waals surface area contributed by atoms with Gasteiger partial charge in [-0.3, -0.25) is 0 Å². The van der Waals surface area contributed by atoms with Crippen LogP contribution in [0.15, 0.2) is 11.6 Å². The van der Waals surface area contributed by atoms with E-state index in [1.54, 1.807) is 5.57 Å². The number of hydrogen-bond donors (Lipinski definition) is 0. The van der Waals surface area contributed by atoms with Crippen LogP contribution in [-0.2, 0) is 0 Å². The molecule has 0 atom stereocenters. The minimum absolute atomic E-state index is 1.26. The molecular formula is C13H26. The summed E-state index contributed by atoms with van der Waals surface area (Å²) in [6.45, 7) is 6.81. The second-order valence-corrected chi connectivity index (χ2v) is 3.82. The van der Waals surface area contributed by atoms with Gasteiger partial charge in [0, 0.05) is 0 Å². The lowest BCUT2D eigenvalue weighted by Crippen LogP contribution is -1.83. The summed E-state index contributed by atoms with van der Waals surface area (Å²) in [6.07, 6.45) is 13.2. The Labute approximate surface area is 84.4 Å². The quantitative estimate of drug-likeness (QED) is 0.362. The maximum atomic E-state index is 2.47. The Morgan fingerprint density at radius 3 is 2.15 bits per heavy atom. The second kappa shape index (κ2) is 9.83. The van der Waals surface area contributed by atoms with E-state index >= 15 is 0 Å². The zero-order valence-corrected chi connectivity index (χ0v) is 9.73. The van der Waals surface area contributed by atoms with Gasteiger partial charge < -0.3 is 0 Å². The molecule has 0 heteroatoms. The fraction of sp³-hybridized carbons (Fsp3) is 0.846. The predicted octanol–water partition coefficient (Wildman–Crippen LogP) is 5.09. The SMILES string of the molecule is CCCC/C=C(/CC)CCCCC. The first-order chi connectivity index (χ1) is 6.35. The van der Waals surface area contributed by atoms with Crippen molar-refractivity contribution >= 4 is 0 Å². The monoisotopic (exact) mass is 182 g/mol. The van der Waals surface area contributed by atoms with E-state index in [1.165, 1.54) is 51.4 Å². The van der Waals surface area contributed by atoms with Crippen molar-refractivity contribution in [1.29, 1.82) is 0 Å². The Morgan fingerprint density at radius 2 is 1.62 bits per heavy atom. The zero-order chi connectivity index (χ0) is 9.94. The molecular weight excluding hydrogens is 156 g/mol. The van der Waals surface area contributed by atoms with Crippen molar-refractivity contribution in [3.8, 4) is 0 Å². The maximum Gasteiger partial charge on any atom is -0.0320 e. The fourth-order valence-electron chi connectivity index (χ4n) is 1.54. The van der Waals surface area contributed by atoms with E-state index in [9.17, 15) is 0 Å². The van der Waals surface area contributed by atoms with Crippen LogP contribution in [0.2, 0.25) is 0 Å². The van der Waals surface area contributed by atoms with Gasteiger partial charge in [-0.25, -0.2) is 0 Å². The van der Waals surface area contributed by atoms with Gasteiger partial charge in [0.25, 0.3) is 0 Å². The minimum Gasteiger partial charge on any atom is -0.0853 e. The lowest BCUT2D eigenvalue weighted by atomic mass is 10.0. The van der Waals surface area contributed by atoms with Crippen LogP contribution < -0.4 is 0 Å². The van der Waals surface area contributed by atoms with Crippen LogP contribution in [0.1, 0.15) is 72.1 Å². The third kappa shape index (κ3) is 8.08. The zero-order valence-electron chi connectivity index (χ0n) is 9.73. The van der Waals surface area contributed by atoms with E-state index in [0.29, 0.717) is 0 Å². The predicted molar refractivity (Wildman–Crippen MR) is 62.0 cm³/mol. The first-order valence-electron chi connectivity index (χ1n) is 6.03. The van der Waals surface area contributed by atoms with Gasteiger partial charge in [0.15, 0.2) is 0 Å². The molecule has 0 aliphatic heterocycles. The van der Waals surface area contributed by atoms with Crippen molar-refractivity contribution in [2.75, 3.05) is 0 Å². The summed E-state index contributed by atoms with van der Waals surface area (Å²) in [5.41, 5.74) is 1.68. The highest BCUT2D eigenvalue weighted by atomic mass is 14.0. The van der Waals surface area contributed by atoms with E-state index in [-0.39, 0.29) is 0 Å². The van der Waals surface area contributed by atoms with Crippen molar-refractivity contribution < 1.29 is 0 Å². The third-order valence-electron chi connectivity index (χ3n) is 2.55. The van der Waals surface area contributed by atoms with Crippen molar-refractivity contribution in [2.24, 2.45) is 0 Å². The van der Waals surface area contributed by atoms with Gasteiger partial charge in [0.2, 0.25) is 0 Å². The van der Waals surface area contributed by atoms with Crippen molar-refractivity contribution in [2.45, 2.75) is 72.1 Å². The molecule has 0 aromatic rings. The van der Waals surface area contributed by atoms with Gasteiger partial charge in [-0.1, -0.05) is 58.1 Å². The van der Waals surface area contributed by atoms with Crippen LogP contribution >= 0.6 is 0 Å². The summed E-state index contributed by atoms with van der Waals surface area (Å²) >= 11 is 0. The molecule has 0 radical (unpaired) electrons. The lowest BCUT2D eigenvalue weighted by molar-refractivity contribution is 0.696. The molecule has 0 nitrogen and oxygen atoms in total. The smallest absolute Gasteiger partial charge is 0.0320 e. The van der Waals surface area contributed by atoms with E-state index in [1.807, 2.05) is 0 Å². The van der Waals surface area contributed by atoms with Crippen molar-refractivity contribution in [1.82, 2.24) is 0 Å². The molecule has 0 fully saturated rings. The Kier molecular flexibility index (Phi) is 9.63. The second-order valence-electron chi connectivity index (χ2n) is 3.82. The highest BCUT2D eigenvalue weighted by Crippen LogP contribution is 2.13. The summed E-state index contributed by atoms with van der Waals surface area (Å²) in [7, 11) is 0. The number of hydrogen-bond acceptors (Lipinski definition) is 0. The summed E-state index contributed by atoms with van der Waals surface area (Å²) < 4.78 is 0. The highest BCUT2D eigenvalue weighted by Gasteiger charge is 1.93. The van der Waals surface area contributed by atoms with Gasteiger partial charge >= 0.3 is 0 Å². The number of rotatable bonds is 8. The summed E-state index contributed by atoms with van der Waals surface area (Å²) in [6, 6.07) is 0. The Morgan fingerprint density at radius 1 is 0.923 bits per heavy atom. The summed E-state index contributed by atoms with van der Waals surface area (Å²) in [5, 5.41) is 0. The molecule has 0 aliphatic carbocycles. The van der Waals surface area contributed by atoms with E-state index in [0.717, 1.165) is 0 Å². The molecule has 0 spiro atoms. The molecule has 0 amide bonds. The fourth-order valence-corrected chi connectivity index (χ4v) is 1.54. The largest absolute Gasteiger partial charge is 0.0853 e. The van der Waals surface area contributed by atoms with Crippen molar-refractivity contribution in [3.63, 3.8) is 0 Å². The Balaban J connectivity index is 3.54. The van der Waals surface area contributed by atoms with Crippen LogP contribution in [-0.4, -0.2) is 0 Å². The van der Waals surface area contributed by atoms with Crippen molar-refractivity contribution in [3.05, 3.63) is 11.6 Å². The van der Waals surface area contributed by atoms with Gasteiger partial charge in [-0.15, -0.1) is 0 Å². The Hall–Kier alpha value is -0.260. The van der Waals surface area contributed by atoms with Crippen LogP contribution in [0.25, 0.3) is 0 Å². The molecule has 0 bridgehead atoms. The lowest BCUT2D eigenvalue weighted by Gasteiger charge is -2.03. The molecule has 0 N–H and O–H groups in total. The van der Waals surface area contributed by atoms with E-state index in [2.05, 4.69) is 26.8 Å². The van der Waals surface area contributed by atoms with E-state index in [4.69, 9.17) is 0 Å². The van der Waals surface area contributed by atoms with Gasteiger partial charge in [0.1, 0.15) is 0 Å². The van der Waals surface area contributed by atoms with Crippen LogP contribution in [0.4, 0.5) is 0 Å². The minimum atomic E-state index is 1.26. The summed E-state index contributed by atoms with van der Waals surface area (Å²) in [5.74, 6) is 0. The molecule has 0 saturated heterocycles. The molecule has 13 heavy (non-hydrogen) atoms. The van der Waals surface area contributed by atoms with Gasteiger partial charge in [0.05, 0.1) is 0 Å². The molecule has 78 valence electrons. The molecule has 0 rings (SSSR count). The maximum absolute atomic E-state index is 2.47. The van der Waals surface area contributed by atoms with E-state index < -0.39 is 0 Å². The van der Waals surface area contributed by atoms with Crippen LogP contribution in [0, 0.1) is 0 Å². The first-order valence-corrected chi connectivity index (χ1v) is 6.03. The number of unbranched alkanes of at least 4 members (excludes halogenated alkanes) is 4. The topological polar surface area (TPSA) is 0 Å². The van der Waals surface area contributed by atoms with Gasteiger partial charge in [-0.05, 0) is 25.7 Å². The summed E-state index contributed by atoms with van der Waals surface area (Å²) in [4.78, 5) is 0. The Bertz CT molecular complexity index is 122. The highest BCUT2D eigenvalue weighted by molar-refractivity contribution is 5.00. The normalized spacial score (nSPS) is 12.1. The average Bonchev–Trinajstić information content (AvgIpc) is 2.16. The van der Waals surface area contributed by atoms with Crippen LogP contribution in [0.5, 0.6) is 0 Å². The standard InChI is InChI=1S/C13H26/c1-4-7-9-11-13(6-3)12-10-8-5-2/h11H,4-10,12H2,1-3H3/b13-11-. The molecule has 0 saturated carbocycles. The average molecular weight is 182 g/mol. The number of allylic oxidation sites excluding steroid dienone is 2. The molecule has 0 aromatic heterocycles. The van der Waals surface area contributed by atoms with Gasteiger partial charge in [-0.2, -0.15) is 0 Å². The van der Waals surface area contributed by atoms with Crippen LogP contribution in [0.3, 0.4) is 0 Å². The molecule has 0 unspecified atom stereocenters. The molecule has 0 aromatic carbocycles. The first kappa shape index (κ1) is 12.7. The molecule has 0 aliphatic rings.